The van der Waals surface area contributed by atoms with Gasteiger partial charge in [-0.15, -0.1) is 6.42 Å². The molecule has 0 N–H and O–H groups in total. The van der Waals surface area contributed by atoms with Crippen molar-refractivity contribution >= 4 is 44.4 Å². The average molecular weight is 418 g/mol. The van der Waals surface area contributed by atoms with Gasteiger partial charge >= 0.3 is 5.97 Å². The fourth-order valence-electron chi connectivity index (χ4n) is 3.02. The number of fused-ring (bicyclic) bond motifs is 2. The van der Waals surface area contributed by atoms with Crippen molar-refractivity contribution in [2.45, 2.75) is 6.54 Å². The molecular formula is C22H14N2O5S. The summed E-state index contributed by atoms with van der Waals surface area (Å²) in [6.45, 7) is 0.163. The number of hydrogen-bond acceptors (Lipinski definition) is 6. The maximum atomic E-state index is 12.8. The first-order valence-corrected chi connectivity index (χ1v) is 9.60. The highest BCUT2D eigenvalue weighted by Gasteiger charge is 2.16. The molecular weight excluding hydrogens is 404 g/mol. The fourth-order valence-corrected chi connectivity index (χ4v) is 4.09. The largest absolute Gasteiger partial charge is 0.465 e. The van der Waals surface area contributed by atoms with Crippen LogP contribution in [0.2, 0.25) is 0 Å². The quantitative estimate of drug-likeness (QED) is 0.377. The van der Waals surface area contributed by atoms with Gasteiger partial charge in [-0.2, -0.15) is 4.99 Å². The number of thiazole rings is 1. The lowest BCUT2D eigenvalue weighted by molar-refractivity contribution is 0.0600. The zero-order valence-electron chi connectivity index (χ0n) is 15.7. The SMILES string of the molecule is C#CCn1c(=NC(=O)c2coc3ccccc3c2=O)sc2cc(C(=O)OC)ccc21. The zero-order chi connectivity index (χ0) is 21.3. The molecule has 0 unspecified atom stereocenters. The predicted molar refractivity (Wildman–Crippen MR) is 112 cm³/mol. The molecule has 0 radical (unpaired) electrons. The Morgan fingerprint density at radius 3 is 2.83 bits per heavy atom. The first-order chi connectivity index (χ1) is 14.5. The number of ether oxygens (including phenoxy) is 1. The van der Waals surface area contributed by atoms with Gasteiger partial charge in [0.25, 0.3) is 5.91 Å². The third kappa shape index (κ3) is 3.32. The monoisotopic (exact) mass is 418 g/mol. The second-order valence-electron chi connectivity index (χ2n) is 6.24. The molecule has 2 heterocycles. The van der Waals surface area contributed by atoms with Crippen LogP contribution in [0.3, 0.4) is 0 Å². The second-order valence-corrected chi connectivity index (χ2v) is 7.25. The molecule has 0 spiro atoms. The summed E-state index contributed by atoms with van der Waals surface area (Å²) in [4.78, 5) is 41.7. The Kier molecular flexibility index (Phi) is 5.04. The Labute approximate surface area is 173 Å². The van der Waals surface area contributed by atoms with Crippen molar-refractivity contribution in [2.75, 3.05) is 7.11 Å². The lowest BCUT2D eigenvalue weighted by atomic mass is 10.2. The van der Waals surface area contributed by atoms with E-state index in [2.05, 4.69) is 10.9 Å². The lowest BCUT2D eigenvalue weighted by Crippen LogP contribution is -2.19. The van der Waals surface area contributed by atoms with Crippen molar-refractivity contribution in [3.05, 3.63) is 74.9 Å². The van der Waals surface area contributed by atoms with Crippen molar-refractivity contribution in [1.82, 2.24) is 4.57 Å². The van der Waals surface area contributed by atoms with Crippen molar-refractivity contribution in [2.24, 2.45) is 4.99 Å². The summed E-state index contributed by atoms with van der Waals surface area (Å²) in [7, 11) is 1.30. The Hall–Kier alpha value is -3.96. The molecule has 7 nitrogen and oxygen atoms in total. The van der Waals surface area contributed by atoms with Crippen LogP contribution in [-0.2, 0) is 11.3 Å². The topological polar surface area (TPSA) is 90.9 Å². The normalized spacial score (nSPS) is 11.5. The summed E-state index contributed by atoms with van der Waals surface area (Å²) in [5, 5.41) is 0.300. The Morgan fingerprint density at radius 1 is 1.27 bits per heavy atom. The van der Waals surface area contributed by atoms with Gasteiger partial charge in [0.2, 0.25) is 5.43 Å². The maximum Gasteiger partial charge on any atom is 0.337 e. The Bertz CT molecular complexity index is 1480. The summed E-state index contributed by atoms with van der Waals surface area (Å²) in [6.07, 6.45) is 6.59. The number of rotatable bonds is 3. The molecule has 0 saturated carbocycles. The number of terminal acetylenes is 1. The van der Waals surface area contributed by atoms with Crippen LogP contribution in [-0.4, -0.2) is 23.6 Å². The molecule has 1 amide bonds. The third-order valence-corrected chi connectivity index (χ3v) is 5.50. The number of para-hydroxylation sites is 1. The molecule has 0 saturated heterocycles. The molecule has 0 aliphatic rings. The number of aromatic nitrogens is 1. The number of methoxy groups -OCH3 is 1. The van der Waals surface area contributed by atoms with Gasteiger partial charge in [-0.25, -0.2) is 4.79 Å². The third-order valence-electron chi connectivity index (χ3n) is 4.46. The van der Waals surface area contributed by atoms with E-state index >= 15 is 0 Å². The van der Waals surface area contributed by atoms with Crippen LogP contribution in [0.5, 0.6) is 0 Å². The Morgan fingerprint density at radius 2 is 2.07 bits per heavy atom. The molecule has 0 atom stereocenters. The van der Waals surface area contributed by atoms with Gasteiger partial charge in [0, 0.05) is 0 Å². The van der Waals surface area contributed by atoms with Crippen molar-refractivity contribution in [3.8, 4) is 12.3 Å². The van der Waals surface area contributed by atoms with Crippen LogP contribution in [0.1, 0.15) is 20.7 Å². The van der Waals surface area contributed by atoms with E-state index in [0.29, 0.717) is 31.6 Å². The number of carbonyl (C=O) groups is 2. The van der Waals surface area contributed by atoms with Gasteiger partial charge in [-0.1, -0.05) is 29.4 Å². The van der Waals surface area contributed by atoms with E-state index < -0.39 is 17.3 Å². The lowest BCUT2D eigenvalue weighted by Gasteiger charge is -2.02. The van der Waals surface area contributed by atoms with Crippen LogP contribution in [0.25, 0.3) is 21.2 Å². The van der Waals surface area contributed by atoms with Crippen LogP contribution in [0.4, 0.5) is 0 Å². The molecule has 30 heavy (non-hydrogen) atoms. The van der Waals surface area contributed by atoms with E-state index in [-0.39, 0.29) is 12.1 Å². The number of carbonyl (C=O) groups excluding carboxylic acids is 2. The van der Waals surface area contributed by atoms with Crippen molar-refractivity contribution < 1.29 is 18.7 Å². The van der Waals surface area contributed by atoms with Crippen molar-refractivity contribution in [1.29, 1.82) is 0 Å². The first-order valence-electron chi connectivity index (χ1n) is 8.78. The van der Waals surface area contributed by atoms with E-state index in [1.807, 2.05) is 0 Å². The number of esters is 1. The molecule has 0 fully saturated rings. The van der Waals surface area contributed by atoms with E-state index in [0.717, 1.165) is 6.26 Å². The zero-order valence-corrected chi connectivity index (χ0v) is 16.6. The fraction of sp³-hybridized carbons (Fsp3) is 0.0909. The summed E-state index contributed by atoms with van der Waals surface area (Å²) in [6, 6.07) is 11.6. The van der Waals surface area contributed by atoms with Gasteiger partial charge in [-0.3, -0.25) is 9.59 Å². The Balaban J connectivity index is 1.87. The van der Waals surface area contributed by atoms with Crippen LogP contribution < -0.4 is 10.2 Å². The van der Waals surface area contributed by atoms with E-state index in [4.69, 9.17) is 15.6 Å². The van der Waals surface area contributed by atoms with Crippen LogP contribution >= 0.6 is 11.3 Å². The molecule has 2 aromatic heterocycles. The van der Waals surface area contributed by atoms with Crippen LogP contribution in [0, 0.1) is 12.3 Å². The van der Waals surface area contributed by atoms with E-state index in [1.165, 1.54) is 18.4 Å². The predicted octanol–water partition coefficient (Wildman–Crippen LogP) is 2.97. The average Bonchev–Trinajstić information content (AvgIpc) is 3.10. The molecule has 4 aromatic rings. The minimum Gasteiger partial charge on any atom is -0.465 e. The van der Waals surface area contributed by atoms with Gasteiger partial charge in [-0.05, 0) is 30.3 Å². The second kappa shape index (κ2) is 7.81. The molecule has 148 valence electrons. The van der Waals surface area contributed by atoms with E-state index in [9.17, 15) is 14.4 Å². The molecule has 2 aromatic carbocycles. The van der Waals surface area contributed by atoms with Gasteiger partial charge in [0.05, 0.1) is 34.8 Å². The minimum atomic E-state index is -0.736. The highest BCUT2D eigenvalue weighted by molar-refractivity contribution is 7.16. The molecule has 0 aliphatic heterocycles. The standard InChI is InChI=1S/C22H14N2O5S/c1-3-10-24-16-9-8-13(21(27)28-2)11-18(16)30-22(24)23-20(26)15-12-29-17-7-5-4-6-14(17)19(15)25/h1,4-9,11-12H,10H2,2H3. The number of benzene rings is 2. The summed E-state index contributed by atoms with van der Waals surface area (Å²) < 4.78 is 12.5. The minimum absolute atomic E-state index is 0.163. The highest BCUT2D eigenvalue weighted by Crippen LogP contribution is 2.20. The summed E-state index contributed by atoms with van der Waals surface area (Å²) >= 11 is 1.18. The summed E-state index contributed by atoms with van der Waals surface area (Å²) in [5.41, 5.74) is 0.838. The first kappa shape index (κ1) is 19.4. The van der Waals surface area contributed by atoms with Gasteiger partial charge in [0.15, 0.2) is 4.80 Å². The number of nitrogens with zero attached hydrogens (tertiary/aromatic N) is 2. The molecule has 0 bridgehead atoms. The number of hydrogen-bond donors (Lipinski definition) is 0. The van der Waals surface area contributed by atoms with Gasteiger partial charge in [0.1, 0.15) is 17.4 Å². The molecule has 4 rings (SSSR count). The highest BCUT2D eigenvalue weighted by atomic mass is 32.1. The molecule has 0 aliphatic carbocycles. The maximum absolute atomic E-state index is 12.8. The smallest absolute Gasteiger partial charge is 0.337 e. The summed E-state index contributed by atoms with van der Waals surface area (Å²) in [5.74, 6) is 1.32. The van der Waals surface area contributed by atoms with Gasteiger partial charge < -0.3 is 13.7 Å². The molecule has 8 heteroatoms. The van der Waals surface area contributed by atoms with Crippen LogP contribution in [0.15, 0.2) is 62.9 Å². The van der Waals surface area contributed by atoms with E-state index in [1.54, 1.807) is 47.0 Å². The van der Waals surface area contributed by atoms with Crippen molar-refractivity contribution in [3.63, 3.8) is 0 Å². The number of amides is 1.